The number of esters is 6. The van der Waals surface area contributed by atoms with E-state index in [1.807, 2.05) is 71.9 Å². The lowest BCUT2D eigenvalue weighted by Crippen LogP contribution is -2.46. The van der Waals surface area contributed by atoms with Gasteiger partial charge >= 0.3 is 35.8 Å². The quantitative estimate of drug-likeness (QED) is 0.0764. The van der Waals surface area contributed by atoms with Crippen LogP contribution in [-0.4, -0.2) is 179 Å². The summed E-state index contributed by atoms with van der Waals surface area (Å²) in [6.45, 7) is 18.5. The van der Waals surface area contributed by atoms with Gasteiger partial charge in [0.1, 0.15) is 5.60 Å². The first-order chi connectivity index (χ1) is 64.8. The maximum Gasteiger partial charge on any atom is 0.337 e. The van der Waals surface area contributed by atoms with Gasteiger partial charge in [-0.05, 0) is 219 Å². The molecule has 0 amide bonds. The fraction of sp³-hybridized carbons (Fsp3) is 0.412. The van der Waals surface area contributed by atoms with Crippen molar-refractivity contribution in [1.29, 1.82) is 0 Å². The number of aryl methyl sites for hydroxylation is 6. The Hall–Kier alpha value is -11.7. The number of sulfonamides is 6. The van der Waals surface area contributed by atoms with Crippen molar-refractivity contribution in [3.63, 3.8) is 0 Å². The van der Waals surface area contributed by atoms with Crippen LogP contribution in [0.4, 0.5) is 0 Å². The topological polar surface area (TPSA) is 382 Å². The summed E-state index contributed by atoms with van der Waals surface area (Å²) < 4.78 is 198. The highest BCUT2D eigenvalue weighted by Gasteiger charge is 2.63. The molecule has 12 aliphatic heterocycles. The second-order valence-electron chi connectivity index (χ2n) is 38.1. The van der Waals surface area contributed by atoms with E-state index in [1.165, 1.54) is 25.8 Å². The number of hydrogen-bond donors (Lipinski definition) is 0. The molecule has 7 aromatic rings. The van der Waals surface area contributed by atoms with Crippen LogP contribution in [0.2, 0.25) is 0 Å². The number of rotatable bonds is 13. The van der Waals surface area contributed by atoms with Crippen molar-refractivity contribution < 1.29 is 108 Å². The Kier molecular flexibility index (Phi) is 25.5. The van der Waals surface area contributed by atoms with Gasteiger partial charge in [-0.3, -0.25) is 25.8 Å². The molecule has 23 rings (SSSR count). The number of fused-ring (bicyclic) bond motifs is 4. The Morgan fingerprint density at radius 3 is 0.659 bits per heavy atom. The zero-order valence-electron chi connectivity index (χ0n) is 77.6. The van der Waals surface area contributed by atoms with Crippen molar-refractivity contribution in [3.8, 4) is 0 Å². The number of carbonyl (C=O) groups excluding carboxylic acids is 6. The summed E-state index contributed by atoms with van der Waals surface area (Å²) in [5, 5.41) is 0. The van der Waals surface area contributed by atoms with Gasteiger partial charge in [0, 0.05) is 83.4 Å². The summed E-state index contributed by atoms with van der Waals surface area (Å²) >= 11 is 0. The highest BCUT2D eigenvalue weighted by Crippen LogP contribution is 2.58. The van der Waals surface area contributed by atoms with Crippen LogP contribution in [0.25, 0.3) is 0 Å². The summed E-state index contributed by atoms with van der Waals surface area (Å²) in [5.41, 5.74) is 8.49. The SMILES string of the molecule is C.Cc1ccc(S(=O)(=O)N2CCC3=C2C(C)(C)OC3=O)cc1.Cc1ccc(S(=O)(=O)N2CCC3=C2C(C)(c2ccccc2)OC3=O)cc1.Cc1ccc(S(=O)(=O)N2CCC3=C2C2(CCC2)OC3=O)cc1.Cc1ccc(S(=O)(=O)N2CCC3=C2C2(CCC2)OC3=O)cc1.Cc1ccc(S(=O)(=O)N2CCC3=C2C2(CCC2)OC3=O)cc1.Cc1ccc(S(=O)(=O)N2CCC3=C2C2(CCCCC2)OC3=O)cc1. The first-order valence-electron chi connectivity index (χ1n) is 46.3. The lowest BCUT2D eigenvalue weighted by molar-refractivity contribution is -0.155. The number of carbonyl (C=O) groups is 6. The van der Waals surface area contributed by atoms with E-state index in [0.717, 1.165) is 129 Å². The van der Waals surface area contributed by atoms with Crippen molar-refractivity contribution in [2.24, 2.45) is 0 Å². The van der Waals surface area contributed by atoms with Gasteiger partial charge in [0.25, 0.3) is 60.1 Å². The van der Waals surface area contributed by atoms with Crippen LogP contribution in [-0.2, 0) is 123 Å². The summed E-state index contributed by atoms with van der Waals surface area (Å²) in [5.74, 6) is -2.18. The zero-order chi connectivity index (χ0) is 97.5. The van der Waals surface area contributed by atoms with Gasteiger partial charge < -0.3 is 28.4 Å². The van der Waals surface area contributed by atoms with E-state index >= 15 is 0 Å². The second kappa shape index (κ2) is 35.9. The van der Waals surface area contributed by atoms with E-state index in [2.05, 4.69) is 0 Å². The van der Waals surface area contributed by atoms with Crippen LogP contribution >= 0.6 is 0 Å². The molecule has 730 valence electrons. The van der Waals surface area contributed by atoms with Gasteiger partial charge in [0.05, 0.1) is 97.0 Å². The predicted molar refractivity (Wildman–Crippen MR) is 507 cm³/mol. The first-order valence-corrected chi connectivity index (χ1v) is 54.9. The molecule has 0 saturated heterocycles. The Balaban J connectivity index is 0.000000115. The summed E-state index contributed by atoms with van der Waals surface area (Å²) in [6, 6.07) is 50.0. The molecule has 12 heterocycles. The monoisotopic (exact) mass is 2000 g/mol. The zero-order valence-corrected chi connectivity index (χ0v) is 82.5. The highest BCUT2D eigenvalue weighted by atomic mass is 32.2. The van der Waals surface area contributed by atoms with Crippen molar-refractivity contribution in [2.75, 3.05) is 39.3 Å². The Morgan fingerprint density at radius 1 is 0.232 bits per heavy atom. The Labute approximate surface area is 806 Å². The molecule has 30 nitrogen and oxygen atoms in total. The van der Waals surface area contributed by atoms with Crippen LogP contribution in [0.5, 0.6) is 0 Å². The number of ether oxygens (including phenoxy) is 6. The molecular weight excluding hydrogens is 1890 g/mol. The van der Waals surface area contributed by atoms with Gasteiger partial charge in [-0.25, -0.2) is 79.3 Å². The van der Waals surface area contributed by atoms with Crippen molar-refractivity contribution in [1.82, 2.24) is 25.8 Å². The molecule has 0 N–H and O–H groups in total. The molecule has 16 aliphatic rings. The molecule has 138 heavy (non-hydrogen) atoms. The lowest BCUT2D eigenvalue weighted by atomic mass is 9.78. The van der Waals surface area contributed by atoms with E-state index in [0.29, 0.717) is 139 Å². The maximum absolute atomic E-state index is 13.2. The van der Waals surface area contributed by atoms with Gasteiger partial charge in [-0.1, -0.05) is 150 Å². The average molecular weight is 2000 g/mol. The number of hydrogen-bond acceptors (Lipinski definition) is 24. The van der Waals surface area contributed by atoms with E-state index in [1.54, 1.807) is 166 Å². The molecule has 7 aromatic carbocycles. The fourth-order valence-electron chi connectivity index (χ4n) is 21.1. The standard InChI is InChI=1S/C20H19NO4S.C18H21NO4S.3C16H17NO4S.C15H17NO4S.CH4/c1-14-8-10-16(11-9-14)26(23,24)21-13-12-17-18(21)20(2,25-19(17)22)15-6-4-3-5-7-15;1-13-5-7-14(8-6-13)24(21,22)19-12-9-15-16(19)18(23-17(15)20)10-3-2-4-11-18;3*1-11-3-5-12(6-4-11)22(19,20)17-10-7-13-14(17)16(8-2-9-16)21-15(13)18;1-10-4-6-11(7-5-10)21(18,19)16-9-8-12-13(16)15(2,3)20-14(12)17;/h3-11H,12-13H2,1-2H3;5-8H,2-4,9-12H2,1H3;3*3-6H,2,7-10H2,1H3;4-7H,8-9H2,1-3H3;1H4. The molecule has 1 unspecified atom stereocenters. The van der Waals surface area contributed by atoms with Crippen LogP contribution in [0, 0.1) is 41.5 Å². The van der Waals surface area contributed by atoms with Crippen LogP contribution in [0.1, 0.15) is 196 Å². The van der Waals surface area contributed by atoms with Crippen molar-refractivity contribution in [2.45, 2.75) is 261 Å². The molecule has 0 aromatic heterocycles. The third kappa shape index (κ3) is 16.7. The molecular formula is C102H112N6O24S6. The molecule has 4 spiro atoms. The van der Waals surface area contributed by atoms with Crippen molar-refractivity contribution in [3.05, 3.63) is 282 Å². The minimum Gasteiger partial charge on any atom is -0.450 e. The average Bonchev–Trinajstić information content (AvgIpc) is 1.55. The van der Waals surface area contributed by atoms with Gasteiger partial charge in [-0.2, -0.15) is 0 Å². The normalized spacial score (nSPS) is 22.3. The third-order valence-electron chi connectivity index (χ3n) is 28.7. The molecule has 4 fully saturated rings. The van der Waals surface area contributed by atoms with Crippen LogP contribution in [0.3, 0.4) is 0 Å². The van der Waals surface area contributed by atoms with Crippen molar-refractivity contribution >= 4 is 96.0 Å². The summed E-state index contributed by atoms with van der Waals surface area (Å²) in [7, 11) is -22.0. The number of cyclic esters (lactones) is 2. The molecule has 1 atom stereocenters. The minimum atomic E-state index is -3.77. The number of nitrogens with zero attached hydrogens (tertiary/aromatic N) is 6. The summed E-state index contributed by atoms with van der Waals surface area (Å²) in [4.78, 5) is 74.1. The third-order valence-corrected chi connectivity index (χ3v) is 39.6. The first kappa shape index (κ1) is 97.9. The Morgan fingerprint density at radius 2 is 0.428 bits per heavy atom. The fourth-order valence-corrected chi connectivity index (χ4v) is 30.7. The lowest BCUT2D eigenvalue weighted by Gasteiger charge is -2.41. The van der Waals surface area contributed by atoms with E-state index in [4.69, 9.17) is 28.4 Å². The molecule has 36 heteroatoms. The second-order valence-corrected chi connectivity index (χ2v) is 49.3. The minimum absolute atomic E-state index is 0. The van der Waals surface area contributed by atoms with Crippen LogP contribution < -0.4 is 0 Å². The molecule has 0 radical (unpaired) electrons. The molecule has 4 aliphatic carbocycles. The Bertz CT molecular complexity index is 6810. The highest BCUT2D eigenvalue weighted by molar-refractivity contribution is 7.90. The van der Waals surface area contributed by atoms with Gasteiger partial charge in [0.2, 0.25) is 0 Å². The molecule has 4 saturated carbocycles. The summed E-state index contributed by atoms with van der Waals surface area (Å²) in [6.07, 6.45) is 14.2. The molecule has 0 bridgehead atoms. The van der Waals surface area contributed by atoms with Gasteiger partial charge in [0.15, 0.2) is 28.0 Å². The van der Waals surface area contributed by atoms with Gasteiger partial charge in [-0.15, -0.1) is 0 Å². The van der Waals surface area contributed by atoms with Crippen LogP contribution in [0.15, 0.2) is 273 Å². The smallest absolute Gasteiger partial charge is 0.337 e. The van der Waals surface area contributed by atoms with E-state index in [-0.39, 0.29) is 67.2 Å². The largest absolute Gasteiger partial charge is 0.450 e. The predicted octanol–water partition coefficient (Wildman–Crippen LogP) is 15.0. The van der Waals surface area contributed by atoms with E-state index in [9.17, 15) is 79.3 Å². The number of benzene rings is 7. The maximum atomic E-state index is 13.2. The van der Waals surface area contributed by atoms with E-state index < -0.39 is 106 Å².